The van der Waals surface area contributed by atoms with Crippen molar-refractivity contribution in [2.45, 2.75) is 33.9 Å². The highest BCUT2D eigenvalue weighted by molar-refractivity contribution is 6.30. The van der Waals surface area contributed by atoms with Crippen LogP contribution in [-0.2, 0) is 24.9 Å². The third kappa shape index (κ3) is 7.00. The average Bonchev–Trinajstić information content (AvgIpc) is 3.44. The molecule has 0 saturated heterocycles. The van der Waals surface area contributed by atoms with Crippen LogP contribution in [0.2, 0.25) is 0 Å². The summed E-state index contributed by atoms with van der Waals surface area (Å²) in [4.78, 5) is 4.57. The highest BCUT2D eigenvalue weighted by atomic mass is 35.5. The smallest absolute Gasteiger partial charge is 0.261 e. The van der Waals surface area contributed by atoms with Crippen LogP contribution in [0.1, 0.15) is 32.0 Å². The molecule has 0 bridgehead atoms. The minimum absolute atomic E-state index is 0.228. The van der Waals surface area contributed by atoms with Crippen LogP contribution in [0.4, 0.5) is 0 Å². The quantitative estimate of drug-likeness (QED) is 0.148. The fourth-order valence-electron chi connectivity index (χ4n) is 3.14. The van der Waals surface area contributed by atoms with Gasteiger partial charge in [0.05, 0.1) is 24.0 Å². The Kier molecular flexibility index (Phi) is 8.74. The summed E-state index contributed by atoms with van der Waals surface area (Å²) in [7, 11) is 1.82. The highest BCUT2D eigenvalue weighted by Crippen LogP contribution is 2.26. The normalized spacial score (nSPS) is 11.5. The molecule has 2 aromatic heterocycles. The molecule has 0 aliphatic carbocycles. The second-order valence-electron chi connectivity index (χ2n) is 7.75. The zero-order valence-corrected chi connectivity index (χ0v) is 21.0. The summed E-state index contributed by atoms with van der Waals surface area (Å²) in [6, 6.07) is 7.78. The number of rotatable bonds is 11. The van der Waals surface area contributed by atoms with Gasteiger partial charge in [0.15, 0.2) is 0 Å². The number of benzene rings is 1. The molecule has 0 aliphatic heterocycles. The number of aromatic nitrogens is 4. The first-order valence-corrected chi connectivity index (χ1v) is 11.2. The lowest BCUT2D eigenvalue weighted by Gasteiger charge is -2.13. The molecule has 0 N–H and O–H groups in total. The van der Waals surface area contributed by atoms with Crippen LogP contribution in [0.15, 0.2) is 80.8 Å². The summed E-state index contributed by atoms with van der Waals surface area (Å²) in [5, 5.41) is 18.6. The third-order valence-electron chi connectivity index (χ3n) is 4.74. The van der Waals surface area contributed by atoms with E-state index in [1.54, 1.807) is 28.1 Å². The Balaban J connectivity index is 1.77. The van der Waals surface area contributed by atoms with Crippen molar-refractivity contribution in [3.8, 4) is 22.8 Å². The summed E-state index contributed by atoms with van der Waals surface area (Å²) in [5.41, 5.74) is 4.19. The van der Waals surface area contributed by atoms with E-state index in [9.17, 15) is 0 Å². The molecule has 2 heterocycles. The van der Waals surface area contributed by atoms with E-state index >= 15 is 0 Å². The van der Waals surface area contributed by atoms with Gasteiger partial charge in [0, 0.05) is 30.1 Å². The topological polar surface area (TPSA) is 93.9 Å². The van der Waals surface area contributed by atoms with Gasteiger partial charge in [-0.1, -0.05) is 53.7 Å². The number of aryl methyl sites for hydroxylation is 1. The van der Waals surface area contributed by atoms with Gasteiger partial charge in [0.25, 0.3) is 5.89 Å². The standard InChI is InChI=1S/C25H28ClN7O2/c1-7-8-21(13-18(4)26)34-16-23-22(14-28-32(23)6)25-29-24(31-35-25)20-11-9-19(10-12-20)15-33(27-5)30-17(2)3/h7-14H,4-5,15-16H2,1-3,6H3/b8-7-,21-13+. The van der Waals surface area contributed by atoms with Crippen LogP contribution < -0.4 is 0 Å². The van der Waals surface area contributed by atoms with Gasteiger partial charge >= 0.3 is 0 Å². The van der Waals surface area contributed by atoms with E-state index in [0.29, 0.717) is 34.6 Å². The van der Waals surface area contributed by atoms with E-state index in [1.165, 1.54) is 0 Å². The van der Waals surface area contributed by atoms with Gasteiger partial charge in [0.1, 0.15) is 12.4 Å². The number of ether oxygens (including phenoxy) is 1. The highest BCUT2D eigenvalue weighted by Gasteiger charge is 2.18. The van der Waals surface area contributed by atoms with Gasteiger partial charge in [-0.05, 0) is 38.5 Å². The molecule has 3 aromatic rings. The Labute approximate surface area is 209 Å². The first-order chi connectivity index (χ1) is 16.8. The van der Waals surface area contributed by atoms with Crippen molar-refractivity contribution in [3.63, 3.8) is 0 Å². The minimum atomic E-state index is 0.228. The molecule has 0 spiro atoms. The Morgan fingerprint density at radius 2 is 2.03 bits per heavy atom. The Morgan fingerprint density at radius 3 is 2.66 bits per heavy atom. The van der Waals surface area contributed by atoms with Crippen molar-refractivity contribution in [3.05, 3.63) is 77.3 Å². The lowest BCUT2D eigenvalue weighted by atomic mass is 10.1. The second-order valence-corrected chi connectivity index (χ2v) is 8.24. The number of nitrogens with zero attached hydrogens (tertiary/aromatic N) is 7. The Morgan fingerprint density at radius 1 is 1.29 bits per heavy atom. The molecule has 0 aliphatic rings. The fraction of sp³-hybridized carbons (Fsp3) is 0.240. The van der Waals surface area contributed by atoms with Gasteiger partial charge in [-0.3, -0.25) is 4.68 Å². The van der Waals surface area contributed by atoms with Gasteiger partial charge in [0.2, 0.25) is 5.82 Å². The van der Waals surface area contributed by atoms with Crippen molar-refractivity contribution < 1.29 is 9.26 Å². The number of allylic oxidation sites excluding steroid dienone is 4. The van der Waals surface area contributed by atoms with Crippen LogP contribution in [-0.4, -0.2) is 37.5 Å². The maximum atomic E-state index is 5.90. The molecule has 182 valence electrons. The molecular formula is C25H28ClN7O2. The zero-order chi connectivity index (χ0) is 25.4. The van der Waals surface area contributed by atoms with Gasteiger partial charge < -0.3 is 9.26 Å². The first-order valence-electron chi connectivity index (χ1n) is 10.8. The lowest BCUT2D eigenvalue weighted by molar-refractivity contribution is 0.203. The molecule has 3 rings (SSSR count). The van der Waals surface area contributed by atoms with Crippen molar-refractivity contribution >= 4 is 24.0 Å². The van der Waals surface area contributed by atoms with Gasteiger partial charge in [-0.2, -0.15) is 25.4 Å². The SMILES string of the molecule is C=NN(Cc1ccc(-c2noc(-c3cnn(C)c3COC(/C=C\C)=C/C(=C)Cl)n2)cc1)N=C(C)C. The summed E-state index contributed by atoms with van der Waals surface area (Å²) in [5.74, 6) is 1.40. The number of hydrazone groups is 2. The molecule has 0 unspecified atom stereocenters. The first kappa shape index (κ1) is 25.6. The fourth-order valence-corrected chi connectivity index (χ4v) is 3.25. The van der Waals surface area contributed by atoms with E-state index in [1.807, 2.05) is 58.2 Å². The van der Waals surface area contributed by atoms with Crippen molar-refractivity contribution in [2.24, 2.45) is 17.3 Å². The second kappa shape index (κ2) is 11.9. The summed E-state index contributed by atoms with van der Waals surface area (Å²) in [6.07, 6.45) is 6.98. The molecule has 10 heteroatoms. The minimum Gasteiger partial charge on any atom is -0.487 e. The van der Waals surface area contributed by atoms with Crippen LogP contribution in [0.5, 0.6) is 0 Å². The molecular weight excluding hydrogens is 466 g/mol. The van der Waals surface area contributed by atoms with E-state index in [4.69, 9.17) is 20.9 Å². The average molecular weight is 494 g/mol. The van der Waals surface area contributed by atoms with Crippen LogP contribution in [0.25, 0.3) is 22.8 Å². The molecule has 0 radical (unpaired) electrons. The summed E-state index contributed by atoms with van der Waals surface area (Å²) < 4.78 is 13.2. The van der Waals surface area contributed by atoms with Gasteiger partial charge in [-0.15, -0.1) is 0 Å². The van der Waals surface area contributed by atoms with Gasteiger partial charge in [-0.25, -0.2) is 0 Å². The maximum absolute atomic E-state index is 5.90. The molecule has 0 atom stereocenters. The zero-order valence-electron chi connectivity index (χ0n) is 20.3. The number of hydrogen-bond donors (Lipinski definition) is 0. The molecule has 1 aromatic carbocycles. The predicted octanol–water partition coefficient (Wildman–Crippen LogP) is 5.68. The van der Waals surface area contributed by atoms with E-state index in [-0.39, 0.29) is 6.61 Å². The van der Waals surface area contributed by atoms with E-state index < -0.39 is 0 Å². The van der Waals surface area contributed by atoms with Crippen molar-refractivity contribution in [1.29, 1.82) is 0 Å². The maximum Gasteiger partial charge on any atom is 0.261 e. The summed E-state index contributed by atoms with van der Waals surface area (Å²) >= 11 is 5.90. The Bertz CT molecular complexity index is 1270. The molecule has 35 heavy (non-hydrogen) atoms. The monoisotopic (exact) mass is 493 g/mol. The summed E-state index contributed by atoms with van der Waals surface area (Å²) in [6.45, 7) is 13.7. The predicted molar refractivity (Wildman–Crippen MR) is 138 cm³/mol. The van der Waals surface area contributed by atoms with Crippen LogP contribution in [0.3, 0.4) is 0 Å². The Hall–Kier alpha value is -3.98. The van der Waals surface area contributed by atoms with Crippen molar-refractivity contribution in [1.82, 2.24) is 25.0 Å². The van der Waals surface area contributed by atoms with Crippen LogP contribution in [0, 0.1) is 0 Å². The number of halogens is 1. The van der Waals surface area contributed by atoms with E-state index in [2.05, 4.69) is 38.7 Å². The third-order valence-corrected chi connectivity index (χ3v) is 4.85. The molecule has 0 amide bonds. The molecule has 9 nitrogen and oxygen atoms in total. The largest absolute Gasteiger partial charge is 0.487 e. The lowest BCUT2D eigenvalue weighted by Crippen LogP contribution is -2.10. The number of hydrogen-bond acceptors (Lipinski definition) is 8. The van der Waals surface area contributed by atoms with Crippen molar-refractivity contribution in [2.75, 3.05) is 0 Å². The van der Waals surface area contributed by atoms with E-state index in [0.717, 1.165) is 22.5 Å². The molecule has 0 saturated carbocycles. The van der Waals surface area contributed by atoms with Crippen LogP contribution >= 0.6 is 11.6 Å². The molecule has 0 fully saturated rings.